The number of amides is 1. The maximum absolute atomic E-state index is 13.7. The second-order valence-corrected chi connectivity index (χ2v) is 10.2. The number of aliphatic hydroxyl groups is 1. The zero-order valence-corrected chi connectivity index (χ0v) is 20.6. The maximum Gasteiger partial charge on any atom is 0.235 e. The van der Waals surface area contributed by atoms with Crippen molar-refractivity contribution in [3.05, 3.63) is 28.8 Å². The third-order valence-electron chi connectivity index (χ3n) is 7.68. The fourth-order valence-electron chi connectivity index (χ4n) is 6.12. The second-order valence-electron chi connectivity index (χ2n) is 10.2. The normalized spacial score (nSPS) is 31.1. The minimum atomic E-state index is -2.76. The second kappa shape index (κ2) is 9.53. The van der Waals surface area contributed by atoms with Crippen LogP contribution in [0.3, 0.4) is 0 Å². The quantitative estimate of drug-likeness (QED) is 0.187. The number of benzene rings is 1. The fourth-order valence-corrected chi connectivity index (χ4v) is 6.12. The molecule has 0 spiro atoms. The first-order valence-corrected chi connectivity index (χ1v) is 11.8. The Morgan fingerprint density at radius 1 is 1.19 bits per heavy atom. The molecule has 0 aromatic heterocycles. The summed E-state index contributed by atoms with van der Waals surface area (Å²) >= 11 is 0. The third-order valence-corrected chi connectivity index (χ3v) is 7.68. The predicted octanol–water partition coefficient (Wildman–Crippen LogP) is -1.52. The highest BCUT2D eigenvalue weighted by molar-refractivity contribution is 6.32. The number of ketones is 5. The number of phenolic OH excluding ortho intramolecular Hbond substituents is 1. The molecule has 0 bridgehead atoms. The van der Waals surface area contributed by atoms with Crippen LogP contribution in [0.4, 0.5) is 0 Å². The van der Waals surface area contributed by atoms with Gasteiger partial charge < -0.3 is 15.9 Å². The van der Waals surface area contributed by atoms with Crippen molar-refractivity contribution in [3.8, 4) is 5.75 Å². The molecule has 3 aliphatic rings. The summed E-state index contributed by atoms with van der Waals surface area (Å²) in [5.41, 5.74) is 6.14. The highest BCUT2D eigenvalue weighted by Crippen LogP contribution is 2.50. The summed E-state index contributed by atoms with van der Waals surface area (Å²) in [6, 6.07) is 1.71. The van der Waals surface area contributed by atoms with E-state index in [-0.39, 0.29) is 43.1 Å². The number of primary amides is 1. The monoisotopic (exact) mass is 515 g/mol. The lowest BCUT2D eigenvalue weighted by Crippen LogP contribution is -2.74. The van der Waals surface area contributed by atoms with Crippen molar-refractivity contribution in [1.82, 2.24) is 10.4 Å². The first kappa shape index (κ1) is 26.7. The molecule has 0 saturated heterocycles. The van der Waals surface area contributed by atoms with Gasteiger partial charge in [-0.15, -0.1) is 0 Å². The standard InChI is InChI=1S/C25H29N3O9/c1-10(29)9-37-27-8-11-4-5-15(30)17-13(11)6-12-7-14-19(28(2)3)21(32)18(24(26)35)23(34)25(14,36)22(33)16(12)20(17)31/h4-5,12,14,16,18-19,27,30,36H,6-9H2,1-3H3,(H2,26,35)/t12-,14-,16?,18?,19-,25-/m0/s1. The number of aromatic hydroxyl groups is 1. The predicted molar refractivity (Wildman–Crippen MR) is 125 cm³/mol. The van der Waals surface area contributed by atoms with Crippen molar-refractivity contribution in [2.45, 2.75) is 38.0 Å². The number of nitrogens with two attached hydrogens (primary N) is 1. The number of nitrogens with one attached hydrogen (secondary N) is 1. The van der Waals surface area contributed by atoms with E-state index in [0.29, 0.717) is 11.1 Å². The van der Waals surface area contributed by atoms with Crippen molar-refractivity contribution in [2.24, 2.45) is 29.4 Å². The average Bonchev–Trinajstić information content (AvgIpc) is 2.79. The fraction of sp³-hybridized carbons (Fsp3) is 0.520. The van der Waals surface area contributed by atoms with E-state index in [1.807, 2.05) is 0 Å². The Labute approximate surface area is 212 Å². The Kier molecular flexibility index (Phi) is 6.88. The maximum atomic E-state index is 13.7. The minimum absolute atomic E-state index is 0.0345. The number of carbonyl (C=O) groups is 6. The summed E-state index contributed by atoms with van der Waals surface area (Å²) in [6.45, 7) is 1.29. The molecule has 2 fully saturated rings. The van der Waals surface area contributed by atoms with Gasteiger partial charge in [0.2, 0.25) is 5.91 Å². The topological polar surface area (TPSA) is 193 Å². The van der Waals surface area contributed by atoms with Crippen LogP contribution >= 0.6 is 0 Å². The van der Waals surface area contributed by atoms with Crippen molar-refractivity contribution in [2.75, 3.05) is 20.7 Å². The lowest BCUT2D eigenvalue weighted by molar-refractivity contribution is -0.181. The van der Waals surface area contributed by atoms with Gasteiger partial charge in [-0.3, -0.25) is 38.5 Å². The van der Waals surface area contributed by atoms with Gasteiger partial charge in [0.25, 0.3) is 0 Å². The number of hydrogen-bond acceptors (Lipinski definition) is 11. The van der Waals surface area contributed by atoms with Crippen LogP contribution in [-0.4, -0.2) is 82.3 Å². The Balaban J connectivity index is 1.76. The molecular weight excluding hydrogens is 486 g/mol. The van der Waals surface area contributed by atoms with Gasteiger partial charge in [0.1, 0.15) is 12.4 Å². The molecule has 12 nitrogen and oxygen atoms in total. The van der Waals surface area contributed by atoms with Crippen LogP contribution in [0.5, 0.6) is 5.75 Å². The summed E-state index contributed by atoms with van der Waals surface area (Å²) in [7, 11) is 3.05. The van der Waals surface area contributed by atoms with Crippen molar-refractivity contribution in [1.29, 1.82) is 0 Å². The minimum Gasteiger partial charge on any atom is -0.507 e. The van der Waals surface area contributed by atoms with Gasteiger partial charge in [0.05, 0.1) is 17.5 Å². The number of hydrogen-bond donors (Lipinski definition) is 4. The van der Waals surface area contributed by atoms with Gasteiger partial charge in [-0.1, -0.05) is 6.07 Å². The van der Waals surface area contributed by atoms with E-state index in [4.69, 9.17) is 10.6 Å². The number of hydroxylamine groups is 1. The summed E-state index contributed by atoms with van der Waals surface area (Å²) in [5, 5.41) is 22.1. The Morgan fingerprint density at radius 3 is 2.46 bits per heavy atom. The molecule has 2 saturated carbocycles. The average molecular weight is 516 g/mol. The van der Waals surface area contributed by atoms with E-state index < -0.39 is 64.4 Å². The molecule has 0 aliphatic heterocycles. The molecule has 37 heavy (non-hydrogen) atoms. The zero-order chi connectivity index (χ0) is 27.4. The lowest BCUT2D eigenvalue weighted by Gasteiger charge is -2.52. The van der Waals surface area contributed by atoms with Crippen LogP contribution in [0.1, 0.15) is 34.8 Å². The molecule has 3 aliphatic carbocycles. The molecule has 5 N–H and O–H groups in total. The van der Waals surface area contributed by atoms with Crippen LogP contribution in [-0.2, 0) is 41.8 Å². The number of likely N-dealkylation sites (N-methyl/N-ethyl adjacent to an activating group) is 1. The van der Waals surface area contributed by atoms with E-state index in [0.717, 1.165) is 0 Å². The number of nitrogens with zero attached hydrogens (tertiary/aromatic N) is 1. The van der Waals surface area contributed by atoms with E-state index >= 15 is 0 Å². The molecule has 1 aromatic carbocycles. The molecule has 12 heteroatoms. The van der Waals surface area contributed by atoms with E-state index in [2.05, 4.69) is 5.48 Å². The molecule has 6 atom stereocenters. The molecule has 198 valence electrons. The van der Waals surface area contributed by atoms with Gasteiger partial charge in [0, 0.05) is 12.5 Å². The number of rotatable bonds is 7. The summed E-state index contributed by atoms with van der Waals surface area (Å²) in [4.78, 5) is 83.3. The molecule has 1 aromatic rings. The largest absolute Gasteiger partial charge is 0.507 e. The molecule has 1 amide bonds. The Hall–Kier alpha value is -3.32. The third kappa shape index (κ3) is 4.09. The Bertz CT molecular complexity index is 1230. The van der Waals surface area contributed by atoms with Gasteiger partial charge >= 0.3 is 0 Å². The highest BCUT2D eigenvalue weighted by Gasteiger charge is 2.69. The highest BCUT2D eigenvalue weighted by atomic mass is 16.6. The summed E-state index contributed by atoms with van der Waals surface area (Å²) in [5.74, 6) is -11.1. The van der Waals surface area contributed by atoms with Crippen LogP contribution in [0, 0.1) is 23.7 Å². The number of Topliss-reactive ketones (excluding diaryl/α,β-unsaturated/α-hetero) is 5. The van der Waals surface area contributed by atoms with Crippen molar-refractivity contribution < 1.29 is 43.8 Å². The van der Waals surface area contributed by atoms with Gasteiger partial charge in [-0.05, 0) is 57.0 Å². The molecular formula is C25H29N3O9. The van der Waals surface area contributed by atoms with Crippen LogP contribution in [0.25, 0.3) is 0 Å². The smallest absolute Gasteiger partial charge is 0.235 e. The SMILES string of the molecule is CC(=O)CONCc1ccc(O)c2c1C[C@H]1C[C@H]3[C@H](N(C)C)C(=O)C(C(N)=O)C(=O)[C@@]3(O)C(=O)C1C2=O. The van der Waals surface area contributed by atoms with Crippen molar-refractivity contribution in [3.63, 3.8) is 0 Å². The van der Waals surface area contributed by atoms with Gasteiger partial charge in [-0.2, -0.15) is 5.48 Å². The number of fused-ring (bicyclic) bond motifs is 3. The zero-order valence-electron chi connectivity index (χ0n) is 20.6. The van der Waals surface area contributed by atoms with Gasteiger partial charge in [0.15, 0.2) is 40.4 Å². The van der Waals surface area contributed by atoms with Crippen LogP contribution in [0.2, 0.25) is 0 Å². The number of phenols is 1. The van der Waals surface area contributed by atoms with E-state index in [9.17, 15) is 39.0 Å². The van der Waals surface area contributed by atoms with Crippen molar-refractivity contribution >= 4 is 34.8 Å². The number of carbonyl (C=O) groups excluding carboxylic acids is 6. The molecule has 4 rings (SSSR count). The van der Waals surface area contributed by atoms with E-state index in [1.165, 1.54) is 32.0 Å². The Morgan fingerprint density at radius 2 is 1.86 bits per heavy atom. The molecule has 2 unspecified atom stereocenters. The van der Waals surface area contributed by atoms with Crippen LogP contribution in [0.15, 0.2) is 12.1 Å². The van der Waals surface area contributed by atoms with E-state index in [1.54, 1.807) is 6.07 Å². The first-order valence-electron chi connectivity index (χ1n) is 11.8. The first-order chi connectivity index (χ1) is 17.3. The van der Waals surface area contributed by atoms with Crippen LogP contribution < -0.4 is 11.2 Å². The molecule has 0 heterocycles. The lowest BCUT2D eigenvalue weighted by atomic mass is 9.52. The summed E-state index contributed by atoms with van der Waals surface area (Å²) < 4.78 is 0. The molecule has 0 radical (unpaired) electrons. The summed E-state index contributed by atoms with van der Waals surface area (Å²) in [6.07, 6.45) is 0.108. The van der Waals surface area contributed by atoms with Gasteiger partial charge in [-0.25, -0.2) is 0 Å².